The molecule has 0 aliphatic heterocycles. The van der Waals surface area contributed by atoms with Crippen molar-refractivity contribution >= 4 is 76.2 Å². The van der Waals surface area contributed by atoms with Gasteiger partial charge in [-0.05, 0) is 156 Å². The van der Waals surface area contributed by atoms with Gasteiger partial charge in [0.1, 0.15) is 0 Å². The topological polar surface area (TPSA) is 8.82 Å². The molecule has 338 valence electrons. The summed E-state index contributed by atoms with van der Waals surface area (Å²) in [6.45, 7) is 0. The molecule has 4 aromatic heterocycles. The second-order valence-electron chi connectivity index (χ2n) is 22.4. The van der Waals surface area contributed by atoms with Crippen LogP contribution < -0.4 is 0 Å². The van der Waals surface area contributed by atoms with Crippen LogP contribution in [0.3, 0.4) is 0 Å². The number of rotatable bonds is 6. The van der Waals surface area contributed by atoms with Gasteiger partial charge in [0.2, 0.25) is 0 Å². The van der Waals surface area contributed by atoms with Crippen molar-refractivity contribution in [3.05, 3.63) is 144 Å². The van der Waals surface area contributed by atoms with Gasteiger partial charge in [-0.1, -0.05) is 162 Å². The van der Waals surface area contributed by atoms with E-state index in [1.165, 1.54) is 227 Å². The first kappa shape index (κ1) is 40.1. The van der Waals surface area contributed by atoms with Gasteiger partial charge >= 0.3 is 0 Å². The number of hydrogen-bond donors (Lipinski definition) is 0. The molecule has 4 fully saturated rings. The summed E-state index contributed by atoms with van der Waals surface area (Å²) in [5.41, 5.74) is 20.5. The zero-order chi connectivity index (χ0) is 44.5. The molecule has 15 rings (SSSR count). The van der Waals surface area contributed by atoms with Gasteiger partial charge in [0.15, 0.2) is 0 Å². The first-order chi connectivity index (χ1) is 33.8. The van der Waals surface area contributed by atoms with Crippen LogP contribution in [0.1, 0.15) is 174 Å². The molecule has 0 amide bonds. The third kappa shape index (κ3) is 5.94. The third-order valence-corrected chi connectivity index (χ3v) is 18.7. The van der Waals surface area contributed by atoms with Gasteiger partial charge in [-0.25, -0.2) is 0 Å². The van der Waals surface area contributed by atoms with E-state index in [-0.39, 0.29) is 0 Å². The molecule has 11 aromatic rings. The van der Waals surface area contributed by atoms with E-state index < -0.39 is 0 Å². The lowest BCUT2D eigenvalue weighted by molar-refractivity contribution is 0.437. The van der Waals surface area contributed by atoms with Crippen molar-refractivity contribution in [2.24, 2.45) is 0 Å². The average Bonchev–Trinajstić information content (AvgIpc) is 4.15. The molecular formula is C66H64N2. The number of benzene rings is 7. The lowest BCUT2D eigenvalue weighted by atomic mass is 9.78. The standard InChI is InChI=1S/C66H64N2/c1-7-19-41(20-8-1)47-31-33-57-53(35-47)59-61-55-39-49(43-23-11-3-12-24-43)38-52(46-29-17-6-18-30-46)64(55)68-58-34-32-48(42-21-9-2-10-22-42)36-54(58)60(66(61)68)62-56-40-50(44-25-13-4-14-26-44)37-51(45-27-15-5-16-28-45)63(56)67(57)65(59)62/h1-2,7-10,19-22,31-40,43-46H,3-6,11-18,23-30H2. The van der Waals surface area contributed by atoms with Crippen LogP contribution in [0.5, 0.6) is 0 Å². The molecule has 2 heteroatoms. The third-order valence-electron chi connectivity index (χ3n) is 18.7. The Morgan fingerprint density at radius 1 is 0.279 bits per heavy atom. The molecular weight excluding hydrogens is 821 g/mol. The maximum Gasteiger partial charge on any atom is 0.0634 e. The largest absolute Gasteiger partial charge is 0.308 e. The predicted molar refractivity (Wildman–Crippen MR) is 290 cm³/mol. The smallest absolute Gasteiger partial charge is 0.0634 e. The van der Waals surface area contributed by atoms with Crippen LogP contribution in [0, 0.1) is 0 Å². The molecule has 4 heterocycles. The summed E-state index contributed by atoms with van der Waals surface area (Å²) in [6.07, 6.45) is 26.9. The maximum absolute atomic E-state index is 2.85. The first-order valence-corrected chi connectivity index (χ1v) is 27.4. The molecule has 7 aromatic carbocycles. The molecule has 68 heavy (non-hydrogen) atoms. The molecule has 4 aliphatic carbocycles. The fourth-order valence-corrected chi connectivity index (χ4v) is 15.4. The van der Waals surface area contributed by atoms with E-state index in [4.69, 9.17) is 0 Å². The second-order valence-corrected chi connectivity index (χ2v) is 22.4. The average molecular weight is 885 g/mol. The molecule has 0 N–H and O–H groups in total. The van der Waals surface area contributed by atoms with Crippen LogP contribution in [-0.4, -0.2) is 8.80 Å². The minimum absolute atomic E-state index is 0.595. The molecule has 4 aliphatic rings. The van der Waals surface area contributed by atoms with Gasteiger partial charge in [-0.3, -0.25) is 0 Å². The number of hydrogen-bond acceptors (Lipinski definition) is 0. The summed E-state index contributed by atoms with van der Waals surface area (Å²) in [5, 5.41) is 11.9. The van der Waals surface area contributed by atoms with Crippen molar-refractivity contribution in [3.8, 4) is 22.3 Å². The van der Waals surface area contributed by atoms with Gasteiger partial charge in [0.25, 0.3) is 0 Å². The summed E-state index contributed by atoms with van der Waals surface area (Å²) in [4.78, 5) is 0. The van der Waals surface area contributed by atoms with Crippen molar-refractivity contribution in [3.63, 3.8) is 0 Å². The maximum atomic E-state index is 2.85. The molecule has 4 saturated carbocycles. The quantitative estimate of drug-likeness (QED) is 0.157. The number of aromatic nitrogens is 2. The fourth-order valence-electron chi connectivity index (χ4n) is 15.4. The van der Waals surface area contributed by atoms with E-state index in [0.717, 1.165) is 0 Å². The van der Waals surface area contributed by atoms with Crippen LogP contribution >= 0.6 is 0 Å². The van der Waals surface area contributed by atoms with Crippen LogP contribution in [-0.2, 0) is 0 Å². The summed E-state index contributed by atoms with van der Waals surface area (Å²) < 4.78 is 5.70. The minimum atomic E-state index is 0.595. The highest BCUT2D eigenvalue weighted by atomic mass is 15.0. The van der Waals surface area contributed by atoms with Crippen LogP contribution in [0.25, 0.3) is 98.4 Å². The van der Waals surface area contributed by atoms with E-state index >= 15 is 0 Å². The lowest BCUT2D eigenvalue weighted by Crippen LogP contribution is -2.09. The van der Waals surface area contributed by atoms with E-state index in [0.29, 0.717) is 23.7 Å². The van der Waals surface area contributed by atoms with E-state index in [2.05, 4.69) is 130 Å². The number of nitrogens with zero attached hydrogens (tertiary/aromatic N) is 2. The predicted octanol–water partition coefficient (Wildman–Crippen LogP) is 19.5. The Balaban J connectivity index is 1.19. The summed E-state index contributed by atoms with van der Waals surface area (Å²) >= 11 is 0. The summed E-state index contributed by atoms with van der Waals surface area (Å²) in [6, 6.07) is 48.6. The van der Waals surface area contributed by atoms with Crippen molar-refractivity contribution in [1.29, 1.82) is 0 Å². The van der Waals surface area contributed by atoms with E-state index in [1.54, 1.807) is 22.3 Å². The van der Waals surface area contributed by atoms with E-state index in [9.17, 15) is 0 Å². The Hall–Kier alpha value is -5.86. The normalized spacial score (nSPS) is 18.9. The Morgan fingerprint density at radius 2 is 0.632 bits per heavy atom. The Morgan fingerprint density at radius 3 is 1.01 bits per heavy atom. The lowest BCUT2D eigenvalue weighted by Gasteiger charge is -2.27. The highest BCUT2D eigenvalue weighted by Crippen LogP contribution is 2.56. The van der Waals surface area contributed by atoms with Gasteiger partial charge in [-0.2, -0.15) is 0 Å². The molecule has 0 bridgehead atoms. The van der Waals surface area contributed by atoms with Crippen molar-refractivity contribution in [2.45, 2.75) is 152 Å². The summed E-state index contributed by atoms with van der Waals surface area (Å²) in [7, 11) is 0. The number of fused-ring (bicyclic) bond motifs is 14. The van der Waals surface area contributed by atoms with Crippen LogP contribution in [0.4, 0.5) is 0 Å². The van der Waals surface area contributed by atoms with Gasteiger partial charge < -0.3 is 8.80 Å². The first-order valence-electron chi connectivity index (χ1n) is 27.4. The highest BCUT2D eigenvalue weighted by molar-refractivity contribution is 6.45. The zero-order valence-electron chi connectivity index (χ0n) is 39.9. The molecule has 2 nitrogen and oxygen atoms in total. The summed E-state index contributed by atoms with van der Waals surface area (Å²) in [5.74, 6) is 2.48. The van der Waals surface area contributed by atoms with Crippen LogP contribution in [0.15, 0.2) is 121 Å². The fraction of sp³-hybridized carbons (Fsp3) is 0.364. The van der Waals surface area contributed by atoms with Gasteiger partial charge in [0.05, 0.1) is 33.1 Å². The molecule has 0 saturated heterocycles. The minimum Gasteiger partial charge on any atom is -0.308 e. The van der Waals surface area contributed by atoms with Crippen LogP contribution in [0.2, 0.25) is 0 Å². The highest BCUT2D eigenvalue weighted by Gasteiger charge is 2.34. The van der Waals surface area contributed by atoms with Gasteiger partial charge in [0, 0.05) is 43.1 Å². The Labute approximate surface area is 401 Å². The van der Waals surface area contributed by atoms with Gasteiger partial charge in [-0.15, -0.1) is 0 Å². The Kier molecular flexibility index (Phi) is 9.34. The zero-order valence-corrected chi connectivity index (χ0v) is 39.9. The molecule has 0 spiro atoms. The van der Waals surface area contributed by atoms with Crippen molar-refractivity contribution < 1.29 is 0 Å². The molecule has 0 unspecified atom stereocenters. The SMILES string of the molecule is c1ccc(-c2ccc3c(c2)c2c4c5cc(C6CCCCC6)cc(C6CCCCC6)c5n5c6ccc(-c7ccccc7)cc6c(c6c7cc(C8CCCCC8)cc(C8CCCCC8)c7n3c26)c45)cc1. The molecule has 0 atom stereocenters. The molecule has 0 radical (unpaired) electrons. The van der Waals surface area contributed by atoms with Crippen molar-refractivity contribution in [1.82, 2.24) is 8.80 Å². The van der Waals surface area contributed by atoms with E-state index in [1.807, 2.05) is 0 Å². The van der Waals surface area contributed by atoms with Crippen molar-refractivity contribution in [2.75, 3.05) is 0 Å². The second kappa shape index (κ2) is 15.8. The monoisotopic (exact) mass is 885 g/mol. The Bertz CT molecular complexity index is 3440.